The predicted molar refractivity (Wildman–Crippen MR) is 184 cm³/mol. The van der Waals surface area contributed by atoms with Crippen LogP contribution >= 0.6 is 23.2 Å². The number of amides is 1. The minimum Gasteiger partial charge on any atom is -0.466 e. The Kier molecular flexibility index (Phi) is 11.0. The molecule has 2 aliphatic heterocycles. The number of nitrogens with one attached hydrogen (secondary N) is 1. The molecule has 1 saturated carbocycles. The van der Waals surface area contributed by atoms with Gasteiger partial charge in [0.15, 0.2) is 5.78 Å². The summed E-state index contributed by atoms with van der Waals surface area (Å²) in [7, 11) is 1.68. The monoisotopic (exact) mass is 696 g/mol. The van der Waals surface area contributed by atoms with Gasteiger partial charge in [0.1, 0.15) is 5.69 Å². The molecule has 1 atom stereocenters. The van der Waals surface area contributed by atoms with Gasteiger partial charge in [0, 0.05) is 56.3 Å². The van der Waals surface area contributed by atoms with E-state index in [0.29, 0.717) is 61.7 Å². The molecule has 2 aromatic carbocycles. The Morgan fingerprint density at radius 1 is 0.958 bits per heavy atom. The molecule has 0 bridgehead atoms. The van der Waals surface area contributed by atoms with Crippen LogP contribution < -0.4 is 5.32 Å². The van der Waals surface area contributed by atoms with E-state index in [4.69, 9.17) is 37.4 Å². The lowest BCUT2D eigenvalue weighted by Crippen LogP contribution is -2.74. The van der Waals surface area contributed by atoms with Gasteiger partial charge in [0.2, 0.25) is 5.85 Å². The molecule has 3 aliphatic rings. The van der Waals surface area contributed by atoms with Gasteiger partial charge in [-0.05, 0) is 74.6 Å². The van der Waals surface area contributed by atoms with E-state index in [9.17, 15) is 14.4 Å². The number of hydrogen-bond acceptors (Lipinski definition) is 9. The number of pyridine rings is 1. The molecule has 3 aromatic rings. The highest BCUT2D eigenvalue weighted by Gasteiger charge is 2.56. The number of fused-ring (bicyclic) bond motifs is 1. The number of ketones is 1. The SMILES string of the molecule is CCOC(=O)[C@H]1CC[C@H](OC(C(=O)Cc2cc(Cl)c(NC(=O)c3nccc4ccccc34)cc2Cl)(N2CCCC2)N2CC(OC)C2)CC1. The number of hydrogen-bond donors (Lipinski definition) is 1. The number of ether oxygens (including phenoxy) is 3. The summed E-state index contributed by atoms with van der Waals surface area (Å²) in [5.74, 6) is -2.18. The van der Waals surface area contributed by atoms with E-state index in [1.54, 1.807) is 25.4 Å². The molecule has 3 fully saturated rings. The number of benzene rings is 2. The summed E-state index contributed by atoms with van der Waals surface area (Å²) in [5, 5.41) is 5.02. The Balaban J connectivity index is 1.24. The first-order valence-corrected chi connectivity index (χ1v) is 17.5. The second kappa shape index (κ2) is 15.2. The number of methoxy groups -OCH3 is 1. The maximum atomic E-state index is 14.7. The molecule has 0 radical (unpaired) electrons. The molecule has 1 aromatic heterocycles. The van der Waals surface area contributed by atoms with Crippen molar-refractivity contribution in [3.8, 4) is 0 Å². The minimum absolute atomic E-state index is 0.0000745. The van der Waals surface area contributed by atoms with Crippen molar-refractivity contribution in [1.82, 2.24) is 14.8 Å². The molecule has 1 amide bonds. The van der Waals surface area contributed by atoms with Crippen molar-refractivity contribution in [1.29, 1.82) is 0 Å². The maximum absolute atomic E-state index is 14.7. The minimum atomic E-state index is -1.31. The summed E-state index contributed by atoms with van der Waals surface area (Å²) >= 11 is 13.5. The number of anilines is 1. The molecule has 12 heteroatoms. The Bertz CT molecular complexity index is 1650. The highest BCUT2D eigenvalue weighted by molar-refractivity contribution is 6.36. The van der Waals surface area contributed by atoms with Gasteiger partial charge in [-0.15, -0.1) is 0 Å². The lowest BCUT2D eigenvalue weighted by atomic mass is 9.87. The van der Waals surface area contributed by atoms with Gasteiger partial charge < -0.3 is 19.5 Å². The zero-order valence-electron chi connectivity index (χ0n) is 27.4. The largest absolute Gasteiger partial charge is 0.466 e. The number of nitrogens with zero attached hydrogens (tertiary/aromatic N) is 3. The number of aromatic nitrogens is 1. The average Bonchev–Trinajstić information content (AvgIpc) is 3.62. The highest BCUT2D eigenvalue weighted by Crippen LogP contribution is 2.39. The molecule has 48 heavy (non-hydrogen) atoms. The quantitative estimate of drug-likeness (QED) is 0.224. The van der Waals surface area contributed by atoms with Crippen LogP contribution in [0.1, 0.15) is 61.5 Å². The van der Waals surface area contributed by atoms with Crippen molar-refractivity contribution in [3.05, 3.63) is 70.0 Å². The number of carbonyl (C=O) groups is 3. The van der Waals surface area contributed by atoms with E-state index in [-0.39, 0.29) is 47.0 Å². The van der Waals surface area contributed by atoms with Crippen LogP contribution in [0.2, 0.25) is 10.0 Å². The fourth-order valence-electron chi connectivity index (χ4n) is 7.12. The van der Waals surface area contributed by atoms with Crippen molar-refractivity contribution in [2.75, 3.05) is 45.2 Å². The van der Waals surface area contributed by atoms with E-state index in [2.05, 4.69) is 20.1 Å². The van der Waals surface area contributed by atoms with Crippen LogP contribution in [0.4, 0.5) is 5.69 Å². The third-order valence-corrected chi connectivity index (χ3v) is 10.4. The normalized spacial score (nSPS) is 21.8. The number of carbonyl (C=O) groups excluding carboxylic acids is 3. The van der Waals surface area contributed by atoms with Gasteiger partial charge in [-0.25, -0.2) is 0 Å². The van der Waals surface area contributed by atoms with Gasteiger partial charge in [0.25, 0.3) is 5.91 Å². The summed E-state index contributed by atoms with van der Waals surface area (Å²) < 4.78 is 17.8. The number of esters is 1. The van der Waals surface area contributed by atoms with Crippen LogP contribution in [0.3, 0.4) is 0 Å². The van der Waals surface area contributed by atoms with Crippen molar-refractivity contribution < 1.29 is 28.6 Å². The molecule has 1 unspecified atom stereocenters. The smallest absolute Gasteiger partial charge is 0.308 e. The topological polar surface area (TPSA) is 110 Å². The molecule has 256 valence electrons. The second-order valence-electron chi connectivity index (χ2n) is 12.8. The molecule has 3 heterocycles. The van der Waals surface area contributed by atoms with E-state index >= 15 is 0 Å². The van der Waals surface area contributed by atoms with Crippen LogP contribution in [0, 0.1) is 5.92 Å². The molecule has 1 N–H and O–H groups in total. The molecule has 10 nitrogen and oxygen atoms in total. The second-order valence-corrected chi connectivity index (χ2v) is 13.6. The van der Waals surface area contributed by atoms with E-state index < -0.39 is 11.8 Å². The molecule has 0 spiro atoms. The first kappa shape index (κ1) is 34.7. The zero-order chi connectivity index (χ0) is 33.8. The third-order valence-electron chi connectivity index (χ3n) is 9.76. The summed E-state index contributed by atoms with van der Waals surface area (Å²) in [4.78, 5) is 48.9. The maximum Gasteiger partial charge on any atom is 0.308 e. The molecular weight excluding hydrogens is 655 g/mol. The predicted octanol–water partition coefficient (Wildman–Crippen LogP) is 6.12. The summed E-state index contributed by atoms with van der Waals surface area (Å²) in [6.45, 7) is 4.73. The summed E-state index contributed by atoms with van der Waals surface area (Å²) in [6.07, 6.45) is 5.88. The van der Waals surface area contributed by atoms with Crippen molar-refractivity contribution in [3.63, 3.8) is 0 Å². The first-order chi connectivity index (χ1) is 23.2. The Hall–Kier alpha value is -3.12. The molecule has 1 aliphatic carbocycles. The van der Waals surface area contributed by atoms with Gasteiger partial charge >= 0.3 is 5.97 Å². The highest BCUT2D eigenvalue weighted by atomic mass is 35.5. The van der Waals surface area contributed by atoms with Crippen molar-refractivity contribution >= 4 is 57.3 Å². The fraction of sp³-hybridized carbons (Fsp3) is 0.500. The number of likely N-dealkylation sites (tertiary alicyclic amines) is 2. The fourth-order valence-corrected chi connectivity index (χ4v) is 7.58. The number of rotatable bonds is 12. The first-order valence-electron chi connectivity index (χ1n) is 16.8. The average molecular weight is 698 g/mol. The number of Topliss-reactive ketones (excluding diaryl/α,β-unsaturated/α-hetero) is 1. The molecule has 6 rings (SSSR count). The van der Waals surface area contributed by atoms with Gasteiger partial charge in [-0.1, -0.05) is 47.5 Å². The summed E-state index contributed by atoms with van der Waals surface area (Å²) in [5.41, 5.74) is 1.13. The van der Waals surface area contributed by atoms with Crippen LogP contribution in [0.25, 0.3) is 10.8 Å². The standard InChI is InChI=1S/C36H42Cl2N4O6/c1-3-47-35(45)24-10-12-26(13-11-24)48-36(41-16-6-7-17-41,42-21-27(22-42)46-2)32(43)19-25-18-30(38)31(20-29(25)37)40-34(44)33-28-9-5-4-8-23(28)14-15-39-33/h4-5,8-9,14-15,18,20,24,26-27H,3,6-7,10-13,16-17,19,21-22H2,1-2H3,(H,40,44)/t24-,26-,36?. The van der Waals surface area contributed by atoms with Crippen molar-refractivity contribution in [2.45, 2.75) is 69.9 Å². The van der Waals surface area contributed by atoms with E-state index in [0.717, 1.165) is 36.7 Å². The zero-order valence-corrected chi connectivity index (χ0v) is 28.9. The Labute approximate surface area is 291 Å². The molecular formula is C36H42Cl2N4O6. The lowest BCUT2D eigenvalue weighted by Gasteiger charge is -2.55. The van der Waals surface area contributed by atoms with Crippen LogP contribution in [0.15, 0.2) is 48.7 Å². The van der Waals surface area contributed by atoms with Crippen LogP contribution in [-0.4, -0.2) is 90.4 Å². The van der Waals surface area contributed by atoms with Crippen LogP contribution in [-0.2, 0) is 30.2 Å². The Morgan fingerprint density at radius 2 is 1.69 bits per heavy atom. The Morgan fingerprint density at radius 3 is 2.40 bits per heavy atom. The number of halogens is 2. The summed E-state index contributed by atoms with van der Waals surface area (Å²) in [6, 6.07) is 12.6. The van der Waals surface area contributed by atoms with E-state index in [1.165, 1.54) is 0 Å². The third kappa shape index (κ3) is 7.11. The van der Waals surface area contributed by atoms with Gasteiger partial charge in [0.05, 0.1) is 35.4 Å². The van der Waals surface area contributed by atoms with Crippen LogP contribution in [0.5, 0.6) is 0 Å². The van der Waals surface area contributed by atoms with Gasteiger partial charge in [-0.2, -0.15) is 0 Å². The van der Waals surface area contributed by atoms with E-state index in [1.807, 2.05) is 37.3 Å². The molecule has 2 saturated heterocycles. The lowest BCUT2D eigenvalue weighted by molar-refractivity contribution is -0.282. The van der Waals surface area contributed by atoms with Crippen molar-refractivity contribution in [2.24, 2.45) is 5.92 Å². The van der Waals surface area contributed by atoms with Gasteiger partial charge in [-0.3, -0.25) is 29.2 Å².